The maximum absolute atomic E-state index is 14.6. The first kappa shape index (κ1) is 19.0. The van der Waals surface area contributed by atoms with Crippen LogP contribution in [0, 0.1) is 0 Å². The van der Waals surface area contributed by atoms with E-state index >= 15 is 0 Å². The molecule has 0 saturated carbocycles. The zero-order valence-corrected chi connectivity index (χ0v) is 14.7. The van der Waals surface area contributed by atoms with Gasteiger partial charge in [0.05, 0.1) is 13.2 Å². The van der Waals surface area contributed by atoms with E-state index in [1.165, 1.54) is 24.3 Å². The molecule has 0 radical (unpaired) electrons. The summed E-state index contributed by atoms with van der Waals surface area (Å²) in [6.45, 7) is 1.79. The molecule has 28 heavy (non-hydrogen) atoms. The maximum atomic E-state index is 14.6. The first-order valence-electron chi connectivity index (χ1n) is 8.82. The van der Waals surface area contributed by atoms with Crippen LogP contribution in [0.25, 0.3) is 0 Å². The Balaban J connectivity index is 1.45. The molecule has 2 aromatic rings. The normalized spacial score (nSPS) is 21.3. The first-order valence-corrected chi connectivity index (χ1v) is 8.82. The van der Waals surface area contributed by atoms with Crippen molar-refractivity contribution >= 4 is 0 Å². The van der Waals surface area contributed by atoms with E-state index < -0.39 is 23.0 Å². The third-order valence-corrected chi connectivity index (χ3v) is 4.50. The number of alkyl halides is 4. The molecule has 2 atom stereocenters. The van der Waals surface area contributed by atoms with Crippen LogP contribution in [0.2, 0.25) is 0 Å². The molecule has 2 unspecified atom stereocenters. The molecule has 0 N–H and O–H groups in total. The van der Waals surface area contributed by atoms with Crippen molar-refractivity contribution in [2.75, 3.05) is 26.4 Å². The zero-order chi connectivity index (χ0) is 19.8. The van der Waals surface area contributed by atoms with E-state index in [4.69, 9.17) is 18.9 Å². The Labute approximate surface area is 159 Å². The number of ether oxygens (including phenoxy) is 4. The van der Waals surface area contributed by atoms with Crippen molar-refractivity contribution in [1.29, 1.82) is 0 Å². The van der Waals surface area contributed by atoms with Gasteiger partial charge < -0.3 is 18.9 Å². The topological polar surface area (TPSA) is 43.5 Å². The van der Waals surface area contributed by atoms with Crippen LogP contribution in [0.15, 0.2) is 48.5 Å². The number of hydrogen-bond acceptors (Lipinski definition) is 4. The van der Waals surface area contributed by atoms with E-state index in [2.05, 4.69) is 0 Å². The molecule has 2 aliphatic heterocycles. The van der Waals surface area contributed by atoms with Crippen LogP contribution >= 0.6 is 0 Å². The number of hydrogen-bond donors (Lipinski definition) is 0. The summed E-state index contributed by atoms with van der Waals surface area (Å²) < 4.78 is 79.0. The average Bonchev–Trinajstić information content (AvgIpc) is 3.60. The average molecular weight is 398 g/mol. The van der Waals surface area contributed by atoms with Crippen LogP contribution in [-0.2, 0) is 21.3 Å². The highest BCUT2D eigenvalue weighted by Gasteiger charge is 2.58. The molecular formula is C20H18F4O4. The summed E-state index contributed by atoms with van der Waals surface area (Å²) in [5, 5.41) is 0. The summed E-state index contributed by atoms with van der Waals surface area (Å²) in [4.78, 5) is 0. The van der Waals surface area contributed by atoms with Gasteiger partial charge in [-0.3, -0.25) is 0 Å². The van der Waals surface area contributed by atoms with Gasteiger partial charge in [0.25, 0.3) is 0 Å². The summed E-state index contributed by atoms with van der Waals surface area (Å²) in [5.74, 6) is -8.15. The summed E-state index contributed by atoms with van der Waals surface area (Å²) in [6, 6.07) is 8.79. The van der Waals surface area contributed by atoms with E-state index in [1.54, 1.807) is 0 Å². The molecular weight excluding hydrogens is 380 g/mol. The van der Waals surface area contributed by atoms with Crippen molar-refractivity contribution in [1.82, 2.24) is 0 Å². The number of halogens is 4. The third kappa shape index (κ3) is 4.07. The Hall–Kier alpha value is -2.32. The number of benzene rings is 2. The predicted octanol–water partition coefficient (Wildman–Crippen LogP) is 4.13. The molecule has 0 bridgehead atoms. The molecule has 0 spiro atoms. The monoisotopic (exact) mass is 398 g/mol. The second kappa shape index (κ2) is 7.25. The van der Waals surface area contributed by atoms with Gasteiger partial charge in [-0.15, -0.1) is 0 Å². The van der Waals surface area contributed by atoms with Gasteiger partial charge in [-0.1, -0.05) is 0 Å². The van der Waals surface area contributed by atoms with Crippen molar-refractivity contribution in [2.45, 2.75) is 24.1 Å². The minimum atomic E-state index is -4.39. The quantitative estimate of drug-likeness (QED) is 0.471. The van der Waals surface area contributed by atoms with E-state index in [-0.39, 0.29) is 12.2 Å². The minimum absolute atomic E-state index is 0.00852. The lowest BCUT2D eigenvalue weighted by molar-refractivity contribution is -0.223. The molecule has 2 aromatic carbocycles. The molecule has 2 heterocycles. The largest absolute Gasteiger partial charge is 0.491 e. The van der Waals surface area contributed by atoms with Gasteiger partial charge in [-0.05, 0) is 48.5 Å². The standard InChI is InChI=1S/C20H18F4O4/c21-19(22,13-1-5-15(6-2-13)25-9-17-11-27-17)20(23,24)14-3-7-16(8-4-14)26-10-18-12-28-18/h1-8,17-18H,9-12H2. The van der Waals surface area contributed by atoms with E-state index in [0.717, 1.165) is 24.3 Å². The molecule has 0 aromatic heterocycles. The summed E-state index contributed by atoms with van der Waals surface area (Å²) in [7, 11) is 0. The highest BCUT2D eigenvalue weighted by Crippen LogP contribution is 2.49. The first-order chi connectivity index (χ1) is 13.4. The number of epoxide rings is 2. The highest BCUT2D eigenvalue weighted by molar-refractivity contribution is 5.36. The Morgan fingerprint density at radius 3 is 1.29 bits per heavy atom. The van der Waals surface area contributed by atoms with Crippen molar-refractivity contribution in [3.8, 4) is 11.5 Å². The highest BCUT2D eigenvalue weighted by atomic mass is 19.3. The molecule has 2 saturated heterocycles. The maximum Gasteiger partial charge on any atom is 0.339 e. The van der Waals surface area contributed by atoms with E-state index in [1.807, 2.05) is 0 Å². The van der Waals surface area contributed by atoms with Gasteiger partial charge in [0.15, 0.2) is 0 Å². The molecule has 4 rings (SSSR count). The van der Waals surface area contributed by atoms with Gasteiger partial charge in [0.1, 0.15) is 36.9 Å². The smallest absolute Gasteiger partial charge is 0.339 e. The molecule has 150 valence electrons. The lowest BCUT2D eigenvalue weighted by Crippen LogP contribution is -2.35. The van der Waals surface area contributed by atoms with Gasteiger partial charge in [0, 0.05) is 11.1 Å². The molecule has 4 nitrogen and oxygen atoms in total. The summed E-state index contributed by atoms with van der Waals surface area (Å²) >= 11 is 0. The zero-order valence-electron chi connectivity index (χ0n) is 14.7. The van der Waals surface area contributed by atoms with Gasteiger partial charge >= 0.3 is 11.8 Å². The van der Waals surface area contributed by atoms with E-state index in [0.29, 0.717) is 37.9 Å². The Bertz CT molecular complexity index is 730. The van der Waals surface area contributed by atoms with Crippen LogP contribution in [0.5, 0.6) is 11.5 Å². The fourth-order valence-electron chi connectivity index (χ4n) is 2.59. The van der Waals surface area contributed by atoms with Crippen molar-refractivity contribution in [3.63, 3.8) is 0 Å². The molecule has 0 amide bonds. The minimum Gasteiger partial charge on any atom is -0.491 e. The Morgan fingerprint density at radius 1 is 0.679 bits per heavy atom. The predicted molar refractivity (Wildman–Crippen MR) is 91.1 cm³/mol. The van der Waals surface area contributed by atoms with Crippen molar-refractivity contribution in [2.24, 2.45) is 0 Å². The van der Waals surface area contributed by atoms with Crippen LogP contribution in [-0.4, -0.2) is 38.6 Å². The fraction of sp³-hybridized carbons (Fsp3) is 0.400. The summed E-state index contributed by atoms with van der Waals surface area (Å²) in [5.41, 5.74) is -1.59. The van der Waals surface area contributed by atoms with Crippen LogP contribution < -0.4 is 9.47 Å². The lowest BCUT2D eigenvalue weighted by Gasteiger charge is -2.27. The third-order valence-electron chi connectivity index (χ3n) is 4.50. The molecule has 2 aliphatic rings. The second-order valence-electron chi connectivity index (χ2n) is 6.73. The Morgan fingerprint density at radius 2 is 1.00 bits per heavy atom. The second-order valence-corrected chi connectivity index (χ2v) is 6.73. The van der Waals surface area contributed by atoms with Gasteiger partial charge in [-0.2, -0.15) is 17.6 Å². The molecule has 8 heteroatoms. The fourth-order valence-corrected chi connectivity index (χ4v) is 2.59. The molecule has 2 fully saturated rings. The van der Waals surface area contributed by atoms with Crippen LogP contribution in [0.1, 0.15) is 11.1 Å². The SMILES string of the molecule is FC(F)(c1ccc(OCC2CO2)cc1)C(F)(F)c1ccc(OCC2CO2)cc1. The lowest BCUT2D eigenvalue weighted by atomic mass is 9.96. The summed E-state index contributed by atoms with van der Waals surface area (Å²) in [6.07, 6.45) is 0.0170. The van der Waals surface area contributed by atoms with Crippen molar-refractivity contribution < 1.29 is 36.5 Å². The Kier molecular flexibility index (Phi) is 4.93. The van der Waals surface area contributed by atoms with Crippen LogP contribution in [0.4, 0.5) is 17.6 Å². The molecule has 0 aliphatic carbocycles. The van der Waals surface area contributed by atoms with Crippen molar-refractivity contribution in [3.05, 3.63) is 59.7 Å². The van der Waals surface area contributed by atoms with Crippen LogP contribution in [0.3, 0.4) is 0 Å². The van der Waals surface area contributed by atoms with Gasteiger partial charge in [-0.25, -0.2) is 0 Å². The van der Waals surface area contributed by atoms with E-state index in [9.17, 15) is 17.6 Å². The number of rotatable bonds is 9. The van der Waals surface area contributed by atoms with Gasteiger partial charge in [0.2, 0.25) is 0 Å².